The van der Waals surface area contributed by atoms with Crippen LogP contribution < -0.4 is 10.6 Å². The maximum Gasteiger partial charge on any atom is 0.246 e. The molecule has 3 aromatic heterocycles. The van der Waals surface area contributed by atoms with Gasteiger partial charge in [0.1, 0.15) is 5.82 Å². The Balaban J connectivity index is 1.57. The van der Waals surface area contributed by atoms with Crippen molar-refractivity contribution in [2.75, 3.05) is 23.7 Å². The van der Waals surface area contributed by atoms with E-state index in [0.717, 1.165) is 28.1 Å². The van der Waals surface area contributed by atoms with Crippen molar-refractivity contribution in [1.82, 2.24) is 20.0 Å². The molecule has 3 aromatic rings. The molecule has 1 saturated heterocycles. The highest BCUT2D eigenvalue weighted by atomic mass is 32.1. The molecule has 0 unspecified atom stereocenters. The van der Waals surface area contributed by atoms with Crippen LogP contribution in [-0.2, 0) is 4.79 Å². The predicted octanol–water partition coefficient (Wildman–Crippen LogP) is 2.93. The Morgan fingerprint density at radius 1 is 1.50 bits per heavy atom. The van der Waals surface area contributed by atoms with Gasteiger partial charge in [-0.05, 0) is 30.9 Å². The molecule has 0 spiro atoms. The Hall–Kier alpha value is -2.94. The summed E-state index contributed by atoms with van der Waals surface area (Å²) < 4.78 is 6.16. The SMILES string of the molecule is C=CC(=O)N1CC[C@@H](Nc2nc(Nc3cc(C)no3)nc3ccsc23)C1. The van der Waals surface area contributed by atoms with Gasteiger partial charge in [-0.2, -0.15) is 4.98 Å². The standard InChI is InChI=1S/C17H18N6O2S/c1-3-14(24)23-6-4-11(9-23)18-16-15-12(5-7-26-15)19-17(21-16)20-13-8-10(2)22-25-13/h3,5,7-8,11H,1,4,6,9H2,2H3,(H2,18,19,20,21)/t11-/m1/s1. The van der Waals surface area contributed by atoms with Crippen molar-refractivity contribution in [3.8, 4) is 0 Å². The summed E-state index contributed by atoms with van der Waals surface area (Å²) in [4.78, 5) is 22.7. The Kier molecular flexibility index (Phi) is 4.29. The lowest BCUT2D eigenvalue weighted by Crippen LogP contribution is -2.30. The largest absolute Gasteiger partial charge is 0.364 e. The van der Waals surface area contributed by atoms with Gasteiger partial charge in [-0.3, -0.25) is 10.1 Å². The second kappa shape index (κ2) is 6.75. The molecule has 0 saturated carbocycles. The van der Waals surface area contributed by atoms with Gasteiger partial charge >= 0.3 is 0 Å². The first-order chi connectivity index (χ1) is 12.6. The van der Waals surface area contributed by atoms with Crippen LogP contribution in [0.25, 0.3) is 10.2 Å². The lowest BCUT2D eigenvalue weighted by Gasteiger charge is -2.16. The first-order valence-corrected chi connectivity index (χ1v) is 9.14. The van der Waals surface area contributed by atoms with Crippen LogP contribution in [0.15, 0.2) is 34.7 Å². The molecule has 26 heavy (non-hydrogen) atoms. The first kappa shape index (κ1) is 16.5. The van der Waals surface area contributed by atoms with E-state index in [0.29, 0.717) is 24.9 Å². The zero-order chi connectivity index (χ0) is 18.1. The van der Waals surface area contributed by atoms with Gasteiger partial charge in [0.15, 0.2) is 0 Å². The first-order valence-electron chi connectivity index (χ1n) is 8.26. The number of carbonyl (C=O) groups excluding carboxylic acids is 1. The number of likely N-dealkylation sites (tertiary alicyclic amines) is 1. The highest BCUT2D eigenvalue weighted by Crippen LogP contribution is 2.29. The number of nitrogens with one attached hydrogen (secondary N) is 2. The molecule has 0 aromatic carbocycles. The van der Waals surface area contributed by atoms with Crippen molar-refractivity contribution >= 4 is 45.1 Å². The molecule has 0 aliphatic carbocycles. The van der Waals surface area contributed by atoms with Crippen LogP contribution >= 0.6 is 11.3 Å². The minimum Gasteiger partial charge on any atom is -0.364 e. The van der Waals surface area contributed by atoms with Gasteiger partial charge in [-0.15, -0.1) is 11.3 Å². The summed E-state index contributed by atoms with van der Waals surface area (Å²) in [6, 6.07) is 3.87. The van der Waals surface area contributed by atoms with Gasteiger partial charge in [0.05, 0.1) is 15.9 Å². The van der Waals surface area contributed by atoms with E-state index in [1.165, 1.54) is 6.08 Å². The van der Waals surface area contributed by atoms with Crippen LogP contribution in [0.3, 0.4) is 0 Å². The molecule has 134 valence electrons. The van der Waals surface area contributed by atoms with E-state index in [9.17, 15) is 4.79 Å². The second-order valence-corrected chi connectivity index (χ2v) is 7.02. The van der Waals surface area contributed by atoms with E-state index in [4.69, 9.17) is 4.52 Å². The fraction of sp³-hybridized carbons (Fsp3) is 0.294. The Labute approximate surface area is 153 Å². The number of hydrogen-bond donors (Lipinski definition) is 2. The molecule has 1 amide bonds. The van der Waals surface area contributed by atoms with Crippen molar-refractivity contribution in [3.05, 3.63) is 35.9 Å². The Morgan fingerprint density at radius 2 is 2.38 bits per heavy atom. The molecule has 1 atom stereocenters. The number of aromatic nitrogens is 3. The summed E-state index contributed by atoms with van der Waals surface area (Å²) in [6.45, 7) is 6.74. The van der Waals surface area contributed by atoms with Gasteiger partial charge in [0, 0.05) is 25.2 Å². The van der Waals surface area contributed by atoms with Crippen molar-refractivity contribution in [3.63, 3.8) is 0 Å². The maximum absolute atomic E-state index is 11.8. The molecule has 2 N–H and O–H groups in total. The quantitative estimate of drug-likeness (QED) is 0.667. The van der Waals surface area contributed by atoms with Gasteiger partial charge in [0.25, 0.3) is 0 Å². The fourth-order valence-electron chi connectivity index (χ4n) is 2.95. The number of aryl methyl sites for hydroxylation is 1. The summed E-state index contributed by atoms with van der Waals surface area (Å²) in [6.07, 6.45) is 2.21. The number of rotatable bonds is 5. The Morgan fingerprint density at radius 3 is 3.15 bits per heavy atom. The van der Waals surface area contributed by atoms with Crippen LogP contribution in [-0.4, -0.2) is 45.1 Å². The summed E-state index contributed by atoms with van der Waals surface area (Å²) in [5.74, 6) is 1.64. The molecule has 4 heterocycles. The molecule has 0 radical (unpaired) electrons. The van der Waals surface area contributed by atoms with Crippen molar-refractivity contribution < 1.29 is 9.32 Å². The summed E-state index contributed by atoms with van der Waals surface area (Å²) >= 11 is 1.58. The van der Waals surface area contributed by atoms with E-state index in [1.54, 1.807) is 22.3 Å². The third kappa shape index (κ3) is 3.25. The molecule has 8 nitrogen and oxygen atoms in total. The van der Waals surface area contributed by atoms with Gasteiger partial charge in [-0.1, -0.05) is 11.7 Å². The lowest BCUT2D eigenvalue weighted by atomic mass is 10.2. The van der Waals surface area contributed by atoms with Gasteiger partial charge < -0.3 is 14.7 Å². The van der Waals surface area contributed by atoms with Crippen LogP contribution in [0, 0.1) is 6.92 Å². The molecular formula is C17H18N6O2S. The average Bonchev–Trinajstić information content (AvgIpc) is 3.35. The number of thiophene rings is 1. The summed E-state index contributed by atoms with van der Waals surface area (Å²) in [7, 11) is 0. The predicted molar refractivity (Wildman–Crippen MR) is 101 cm³/mol. The number of anilines is 3. The van der Waals surface area contributed by atoms with Crippen LogP contribution in [0.5, 0.6) is 0 Å². The zero-order valence-corrected chi connectivity index (χ0v) is 15.0. The van der Waals surface area contributed by atoms with E-state index < -0.39 is 0 Å². The second-order valence-electron chi connectivity index (χ2n) is 6.11. The van der Waals surface area contributed by atoms with E-state index in [-0.39, 0.29) is 11.9 Å². The van der Waals surface area contributed by atoms with Crippen LogP contribution in [0.4, 0.5) is 17.7 Å². The third-order valence-electron chi connectivity index (χ3n) is 4.18. The van der Waals surface area contributed by atoms with Gasteiger partial charge in [-0.25, -0.2) is 4.98 Å². The number of fused-ring (bicyclic) bond motifs is 1. The summed E-state index contributed by atoms with van der Waals surface area (Å²) in [5.41, 5.74) is 1.63. The highest BCUT2D eigenvalue weighted by Gasteiger charge is 2.26. The van der Waals surface area contributed by atoms with Crippen molar-refractivity contribution in [1.29, 1.82) is 0 Å². The lowest BCUT2D eigenvalue weighted by molar-refractivity contribution is -0.125. The van der Waals surface area contributed by atoms with E-state index in [2.05, 4.69) is 32.3 Å². The number of amides is 1. The normalized spacial score (nSPS) is 16.8. The highest BCUT2D eigenvalue weighted by molar-refractivity contribution is 7.17. The maximum atomic E-state index is 11.8. The average molecular weight is 370 g/mol. The molecule has 1 aliphatic rings. The third-order valence-corrected chi connectivity index (χ3v) is 5.09. The molecule has 9 heteroatoms. The molecule has 0 bridgehead atoms. The van der Waals surface area contributed by atoms with E-state index in [1.807, 2.05) is 18.4 Å². The Bertz CT molecular complexity index is 965. The number of hydrogen-bond acceptors (Lipinski definition) is 8. The minimum absolute atomic E-state index is 0.0405. The van der Waals surface area contributed by atoms with Crippen molar-refractivity contribution in [2.24, 2.45) is 0 Å². The van der Waals surface area contributed by atoms with Crippen LogP contribution in [0.2, 0.25) is 0 Å². The fourth-order valence-corrected chi connectivity index (χ4v) is 3.73. The van der Waals surface area contributed by atoms with E-state index >= 15 is 0 Å². The smallest absolute Gasteiger partial charge is 0.246 e. The molecule has 4 rings (SSSR count). The monoisotopic (exact) mass is 370 g/mol. The molecule has 1 aliphatic heterocycles. The number of carbonyl (C=O) groups is 1. The summed E-state index contributed by atoms with van der Waals surface area (Å²) in [5, 5.41) is 12.3. The van der Waals surface area contributed by atoms with Gasteiger partial charge in [0.2, 0.25) is 17.7 Å². The van der Waals surface area contributed by atoms with Crippen LogP contribution in [0.1, 0.15) is 12.1 Å². The molecular weight excluding hydrogens is 352 g/mol. The van der Waals surface area contributed by atoms with Crippen molar-refractivity contribution in [2.45, 2.75) is 19.4 Å². The number of nitrogens with zero attached hydrogens (tertiary/aromatic N) is 4. The minimum atomic E-state index is -0.0405. The molecule has 1 fully saturated rings. The zero-order valence-electron chi connectivity index (χ0n) is 14.2. The topological polar surface area (TPSA) is 96.2 Å².